The summed E-state index contributed by atoms with van der Waals surface area (Å²) in [5.41, 5.74) is 8.79. The lowest BCUT2D eigenvalue weighted by atomic mass is 9.88. The molecule has 61 heavy (non-hydrogen) atoms. The van der Waals surface area contributed by atoms with Crippen molar-refractivity contribution in [3.8, 4) is 5.75 Å². The standard InChI is InChI=1S/C55H38F2N2O2/c1-32(2)35-29-33-17-27-44-48(58(38-23-19-36(56)20-24-38)46-13-7-11-42-40-9-3-5-15-50(40)60-54(42)46)31-49(45-28-18-34(30-35)52(33)53(44)45)59(39-25-21-37(57)22-26-39)47-14-8-12-43-41-10-4-6-16-51(41)61-55(43)47/h3-32,40,50H,1-2H3. The molecule has 0 saturated heterocycles. The Bertz CT molecular complexity index is 3400. The lowest BCUT2D eigenvalue weighted by molar-refractivity contribution is 0.269. The van der Waals surface area contributed by atoms with E-state index in [-0.39, 0.29) is 23.7 Å². The SMILES string of the molecule is CC(C)c1cc2ccc3c(N(c4ccc(F)cc4)c4cccc5c4OC4C=CC=CC54)cc(N(c4ccc(F)cc4)c4cccc5c4oc4ccccc45)c4ccc(c1)c2c34. The molecule has 0 saturated carbocycles. The van der Waals surface area contributed by atoms with Gasteiger partial charge in [0.25, 0.3) is 0 Å². The highest BCUT2D eigenvalue weighted by Gasteiger charge is 2.36. The Balaban J connectivity index is 1.22. The number of benzene rings is 9. The van der Waals surface area contributed by atoms with Crippen LogP contribution in [0, 0.1) is 11.6 Å². The molecule has 0 N–H and O–H groups in total. The van der Waals surface area contributed by atoms with Gasteiger partial charge in [-0.25, -0.2) is 8.78 Å². The maximum absolute atomic E-state index is 14.9. The van der Waals surface area contributed by atoms with Gasteiger partial charge in [0.1, 0.15) is 29.1 Å². The third-order valence-electron chi connectivity index (χ3n) is 12.6. The Hall–Kier alpha value is -7.44. The molecule has 0 bridgehead atoms. The summed E-state index contributed by atoms with van der Waals surface area (Å²) in [6, 6.07) is 49.7. The highest BCUT2D eigenvalue weighted by Crippen LogP contribution is 2.55. The van der Waals surface area contributed by atoms with Crippen molar-refractivity contribution < 1.29 is 17.9 Å². The topological polar surface area (TPSA) is 28.9 Å². The van der Waals surface area contributed by atoms with E-state index in [0.29, 0.717) is 5.92 Å². The minimum atomic E-state index is -0.326. The van der Waals surface area contributed by atoms with Gasteiger partial charge in [-0.15, -0.1) is 0 Å². The molecule has 0 amide bonds. The highest BCUT2D eigenvalue weighted by molar-refractivity contribution is 6.29. The minimum Gasteiger partial charge on any atom is -0.483 e. The molecule has 12 rings (SSSR count). The summed E-state index contributed by atoms with van der Waals surface area (Å²) in [4.78, 5) is 4.40. The van der Waals surface area contributed by atoms with Crippen molar-refractivity contribution in [1.82, 2.24) is 0 Å². The van der Waals surface area contributed by atoms with Crippen LogP contribution in [0.15, 0.2) is 180 Å². The average Bonchev–Trinajstić information content (AvgIpc) is 3.87. The van der Waals surface area contributed by atoms with Crippen molar-refractivity contribution in [2.75, 3.05) is 9.80 Å². The summed E-state index contributed by atoms with van der Waals surface area (Å²) in [6.45, 7) is 4.45. The summed E-state index contributed by atoms with van der Waals surface area (Å²) >= 11 is 0. The number of para-hydroxylation sites is 3. The van der Waals surface area contributed by atoms with E-state index in [2.05, 4.69) is 127 Å². The van der Waals surface area contributed by atoms with Crippen molar-refractivity contribution in [2.45, 2.75) is 31.8 Å². The maximum atomic E-state index is 14.9. The number of furan rings is 1. The normalized spacial score (nSPS) is 15.7. The number of rotatable bonds is 7. The predicted octanol–water partition coefficient (Wildman–Crippen LogP) is 15.8. The van der Waals surface area contributed by atoms with Gasteiger partial charge in [-0.1, -0.05) is 111 Å². The fraction of sp³-hybridized carbons (Fsp3) is 0.0909. The van der Waals surface area contributed by atoms with Gasteiger partial charge < -0.3 is 19.0 Å². The summed E-state index contributed by atoms with van der Waals surface area (Å²) in [6.07, 6.45) is 8.28. The molecule has 1 aliphatic carbocycles. The minimum absolute atomic E-state index is 0.0698. The number of hydrogen-bond acceptors (Lipinski definition) is 4. The molecule has 9 aromatic carbocycles. The van der Waals surface area contributed by atoms with E-state index >= 15 is 0 Å². The number of ether oxygens (including phenoxy) is 1. The van der Waals surface area contributed by atoms with E-state index in [4.69, 9.17) is 9.15 Å². The van der Waals surface area contributed by atoms with Crippen molar-refractivity contribution in [3.63, 3.8) is 0 Å². The van der Waals surface area contributed by atoms with Crippen LogP contribution in [0.1, 0.15) is 36.8 Å². The van der Waals surface area contributed by atoms with Crippen LogP contribution >= 0.6 is 0 Å². The first-order chi connectivity index (χ1) is 29.9. The van der Waals surface area contributed by atoms with E-state index in [0.717, 1.165) is 99.7 Å². The second-order valence-electron chi connectivity index (χ2n) is 16.5. The molecule has 1 aliphatic heterocycles. The molecule has 294 valence electrons. The van der Waals surface area contributed by atoms with Gasteiger partial charge in [-0.2, -0.15) is 0 Å². The molecule has 4 nitrogen and oxygen atoms in total. The van der Waals surface area contributed by atoms with Gasteiger partial charge in [0.05, 0.1) is 22.7 Å². The first-order valence-electron chi connectivity index (χ1n) is 20.8. The molecule has 2 heterocycles. The summed E-state index contributed by atoms with van der Waals surface area (Å²) in [5.74, 6) is 0.551. The zero-order valence-electron chi connectivity index (χ0n) is 33.4. The number of nitrogens with zero attached hydrogens (tertiary/aromatic N) is 2. The van der Waals surface area contributed by atoms with E-state index in [9.17, 15) is 8.78 Å². The second kappa shape index (κ2) is 13.5. The molecule has 1 aromatic heterocycles. The number of fused-ring (bicyclic) bond motifs is 6. The fourth-order valence-electron chi connectivity index (χ4n) is 9.74. The lowest BCUT2D eigenvalue weighted by Gasteiger charge is -2.33. The molecule has 0 spiro atoms. The van der Waals surface area contributed by atoms with Crippen LogP contribution in [0.3, 0.4) is 0 Å². The molecule has 2 aliphatic rings. The predicted molar refractivity (Wildman–Crippen MR) is 246 cm³/mol. The lowest BCUT2D eigenvalue weighted by Crippen LogP contribution is -2.17. The summed E-state index contributed by atoms with van der Waals surface area (Å²) < 4.78 is 43.3. The Morgan fingerprint density at radius 2 is 1.13 bits per heavy atom. The molecule has 2 unspecified atom stereocenters. The van der Waals surface area contributed by atoms with Gasteiger partial charge in [0.2, 0.25) is 0 Å². The van der Waals surface area contributed by atoms with Gasteiger partial charge in [-0.3, -0.25) is 0 Å². The molecule has 0 radical (unpaired) electrons. The third kappa shape index (κ3) is 5.48. The van der Waals surface area contributed by atoms with Gasteiger partial charge in [0, 0.05) is 49.8 Å². The van der Waals surface area contributed by atoms with Gasteiger partial charge >= 0.3 is 0 Å². The Morgan fingerprint density at radius 3 is 1.82 bits per heavy atom. The molecular formula is C55H38F2N2O2. The van der Waals surface area contributed by atoms with Crippen molar-refractivity contribution in [1.29, 1.82) is 0 Å². The van der Waals surface area contributed by atoms with Crippen LogP contribution < -0.4 is 14.5 Å². The highest BCUT2D eigenvalue weighted by atomic mass is 19.1. The van der Waals surface area contributed by atoms with Crippen LogP contribution in [-0.2, 0) is 0 Å². The summed E-state index contributed by atoms with van der Waals surface area (Å²) in [5, 5.41) is 8.56. The Kier molecular flexibility index (Phi) is 7.88. The summed E-state index contributed by atoms with van der Waals surface area (Å²) in [7, 11) is 0. The zero-order valence-corrected chi connectivity index (χ0v) is 33.4. The largest absolute Gasteiger partial charge is 0.483 e. The van der Waals surface area contributed by atoms with E-state index in [1.165, 1.54) is 29.8 Å². The Morgan fingerprint density at radius 1 is 0.525 bits per heavy atom. The third-order valence-corrected chi connectivity index (χ3v) is 12.6. The zero-order chi connectivity index (χ0) is 40.9. The van der Waals surface area contributed by atoms with Crippen LogP contribution in [0.4, 0.5) is 42.9 Å². The molecular weight excluding hydrogens is 759 g/mol. The van der Waals surface area contributed by atoms with Gasteiger partial charge in [0.15, 0.2) is 5.58 Å². The molecule has 0 fully saturated rings. The monoisotopic (exact) mass is 796 g/mol. The van der Waals surface area contributed by atoms with Crippen LogP contribution in [-0.4, -0.2) is 6.10 Å². The number of hydrogen-bond donors (Lipinski definition) is 0. The quantitative estimate of drug-likeness (QED) is 0.150. The van der Waals surface area contributed by atoms with Crippen LogP contribution in [0.5, 0.6) is 5.75 Å². The smallest absolute Gasteiger partial charge is 0.159 e. The van der Waals surface area contributed by atoms with E-state index in [1.807, 2.05) is 48.5 Å². The Labute approximate surface area is 351 Å². The molecule has 2 atom stereocenters. The first-order valence-corrected chi connectivity index (χ1v) is 20.8. The molecule has 6 heteroatoms. The van der Waals surface area contributed by atoms with Crippen molar-refractivity contribution >= 4 is 88.4 Å². The van der Waals surface area contributed by atoms with Crippen LogP contribution in [0.25, 0.3) is 54.3 Å². The van der Waals surface area contributed by atoms with E-state index in [1.54, 1.807) is 0 Å². The maximum Gasteiger partial charge on any atom is 0.159 e. The first kappa shape index (κ1) is 35.5. The number of allylic oxidation sites excluding steroid dienone is 2. The second-order valence-corrected chi connectivity index (χ2v) is 16.5. The fourth-order valence-corrected chi connectivity index (χ4v) is 9.74. The van der Waals surface area contributed by atoms with Crippen molar-refractivity contribution in [2.24, 2.45) is 0 Å². The average molecular weight is 797 g/mol. The van der Waals surface area contributed by atoms with Crippen LogP contribution in [0.2, 0.25) is 0 Å². The number of anilines is 6. The van der Waals surface area contributed by atoms with Gasteiger partial charge in [-0.05, 0) is 107 Å². The van der Waals surface area contributed by atoms with Crippen molar-refractivity contribution in [3.05, 3.63) is 199 Å². The number of halogens is 2. The van der Waals surface area contributed by atoms with E-state index < -0.39 is 0 Å². The molecule has 10 aromatic rings.